The number of benzene rings is 1. The van der Waals surface area contributed by atoms with Crippen molar-refractivity contribution < 1.29 is 9.47 Å². The molecule has 0 unspecified atom stereocenters. The van der Waals surface area contributed by atoms with Crippen molar-refractivity contribution in [2.24, 2.45) is 50.7 Å². The fourth-order valence-corrected chi connectivity index (χ4v) is 13.6. The third-order valence-electron chi connectivity index (χ3n) is 15.7. The lowest BCUT2D eigenvalue weighted by Crippen LogP contribution is -2.67. The van der Waals surface area contributed by atoms with E-state index < -0.39 is 0 Å². The number of hydrogen-bond acceptors (Lipinski definition) is 4. The van der Waals surface area contributed by atoms with Crippen LogP contribution in [0.15, 0.2) is 24.3 Å². The first kappa shape index (κ1) is 28.6. The molecule has 5 heteroatoms. The summed E-state index contributed by atoms with van der Waals surface area (Å²) in [7, 11) is 1.76. The summed E-state index contributed by atoms with van der Waals surface area (Å²) in [5.41, 5.74) is 5.53. The molecule has 5 aliphatic carbocycles. The molecule has 1 aliphatic heterocycles. The summed E-state index contributed by atoms with van der Waals surface area (Å²) >= 11 is 0. The van der Waals surface area contributed by atoms with Crippen molar-refractivity contribution in [2.75, 3.05) is 13.7 Å². The smallest absolute Gasteiger partial charge is 0.123 e. The van der Waals surface area contributed by atoms with Gasteiger partial charge in [0.1, 0.15) is 5.75 Å². The van der Waals surface area contributed by atoms with Crippen LogP contribution in [0.25, 0.3) is 0 Å². The van der Waals surface area contributed by atoms with Gasteiger partial charge in [0, 0.05) is 11.0 Å². The van der Waals surface area contributed by atoms with E-state index in [0.29, 0.717) is 40.2 Å². The average molecular weight is 586 g/mol. The molecule has 2 heterocycles. The zero-order valence-corrected chi connectivity index (χ0v) is 28.1. The summed E-state index contributed by atoms with van der Waals surface area (Å²) < 4.78 is 14.7. The molecule has 0 amide bonds. The maximum Gasteiger partial charge on any atom is 0.123 e. The lowest BCUT2D eigenvalue weighted by molar-refractivity contribution is -0.233. The quantitative estimate of drug-likeness (QED) is 0.364. The van der Waals surface area contributed by atoms with Gasteiger partial charge >= 0.3 is 0 Å². The predicted molar refractivity (Wildman–Crippen MR) is 170 cm³/mol. The molecule has 0 N–H and O–H groups in total. The van der Waals surface area contributed by atoms with Gasteiger partial charge in [0.05, 0.1) is 37.8 Å². The van der Waals surface area contributed by atoms with Gasteiger partial charge in [0.15, 0.2) is 0 Å². The topological polar surface area (TPSA) is 49.2 Å². The Balaban J connectivity index is 1.15. The van der Waals surface area contributed by atoms with Gasteiger partial charge < -0.3 is 9.47 Å². The summed E-state index contributed by atoms with van der Waals surface area (Å²) in [4.78, 5) is 0. The molecule has 0 radical (unpaired) electrons. The molecule has 0 spiro atoms. The van der Waals surface area contributed by atoms with Crippen molar-refractivity contribution in [3.8, 4) is 5.75 Å². The number of fused-ring (bicyclic) bond motifs is 6. The number of methoxy groups -OCH3 is 1. The lowest BCUT2D eigenvalue weighted by Gasteiger charge is -2.72. The van der Waals surface area contributed by atoms with Gasteiger partial charge in [-0.05, 0) is 115 Å². The standard InChI is InChI=1S/C38H55N3O2/c1-33(2)17-19-38-20-18-36(6)25(30(38)32(33)43-23-38)13-14-29-35(5)21-26-31(34(3,4)28(35)15-16-37(29,36)7)41(40-39-26)22-24-11-9-10-12-27(24)42-8/h9-12,25,28-30,32H,13-23H2,1-8H3/t25-,28+,29-,30+,32-,35+,36-,37-,38-/m1/s1. The summed E-state index contributed by atoms with van der Waals surface area (Å²) in [6.07, 6.45) is 12.4. The molecule has 8 rings (SSSR count). The Morgan fingerprint density at radius 2 is 1.65 bits per heavy atom. The van der Waals surface area contributed by atoms with E-state index in [1.165, 1.54) is 68.3 Å². The van der Waals surface area contributed by atoms with E-state index >= 15 is 0 Å². The summed E-state index contributed by atoms with van der Waals surface area (Å²) in [6.45, 7) is 19.9. The first-order valence-corrected chi connectivity index (χ1v) is 17.5. The fraction of sp³-hybridized carbons (Fsp3) is 0.789. The number of para-hydroxylation sites is 1. The van der Waals surface area contributed by atoms with Crippen molar-refractivity contribution in [1.29, 1.82) is 0 Å². The first-order valence-electron chi connectivity index (χ1n) is 17.5. The summed E-state index contributed by atoms with van der Waals surface area (Å²) in [6, 6.07) is 8.36. The number of aromatic nitrogens is 3. The lowest BCUT2D eigenvalue weighted by atomic mass is 9.31. The molecule has 1 aromatic heterocycles. The molecule has 4 saturated carbocycles. The van der Waals surface area contributed by atoms with E-state index in [9.17, 15) is 0 Å². The average Bonchev–Trinajstić information content (AvgIpc) is 3.51. The Kier molecular flexibility index (Phi) is 5.91. The van der Waals surface area contributed by atoms with Crippen molar-refractivity contribution in [3.05, 3.63) is 41.2 Å². The van der Waals surface area contributed by atoms with Crippen LogP contribution in [0.4, 0.5) is 0 Å². The molecular weight excluding hydrogens is 530 g/mol. The molecule has 5 fully saturated rings. The van der Waals surface area contributed by atoms with Gasteiger partial charge in [-0.1, -0.05) is 71.9 Å². The van der Waals surface area contributed by atoms with Gasteiger partial charge in [-0.25, -0.2) is 4.68 Å². The van der Waals surface area contributed by atoms with Crippen LogP contribution in [0.5, 0.6) is 5.75 Å². The minimum atomic E-state index is 0.0178. The van der Waals surface area contributed by atoms with Crippen LogP contribution in [0.2, 0.25) is 0 Å². The normalized spacial score (nSPS) is 45.3. The minimum absolute atomic E-state index is 0.0178. The van der Waals surface area contributed by atoms with Crippen molar-refractivity contribution in [3.63, 3.8) is 0 Å². The molecule has 1 aromatic carbocycles. The maximum atomic E-state index is 6.80. The molecule has 1 saturated heterocycles. The Bertz CT molecular complexity index is 1440. The highest BCUT2D eigenvalue weighted by atomic mass is 16.5. The molecule has 9 atom stereocenters. The van der Waals surface area contributed by atoms with Crippen LogP contribution in [0, 0.1) is 50.7 Å². The van der Waals surface area contributed by atoms with Gasteiger partial charge in [-0.2, -0.15) is 0 Å². The highest BCUT2D eigenvalue weighted by Crippen LogP contribution is 2.77. The van der Waals surface area contributed by atoms with Crippen LogP contribution in [0.3, 0.4) is 0 Å². The second kappa shape index (κ2) is 8.89. The Morgan fingerprint density at radius 1 is 0.884 bits per heavy atom. The van der Waals surface area contributed by atoms with Crippen molar-refractivity contribution in [2.45, 2.75) is 124 Å². The minimum Gasteiger partial charge on any atom is -0.496 e. The van der Waals surface area contributed by atoms with Crippen LogP contribution in [-0.4, -0.2) is 34.8 Å². The summed E-state index contributed by atoms with van der Waals surface area (Å²) in [5, 5.41) is 9.78. The third kappa shape index (κ3) is 3.50. The largest absolute Gasteiger partial charge is 0.496 e. The van der Waals surface area contributed by atoms with E-state index in [0.717, 1.165) is 36.5 Å². The predicted octanol–water partition coefficient (Wildman–Crippen LogP) is 8.24. The van der Waals surface area contributed by atoms with E-state index in [1.807, 2.05) is 6.07 Å². The number of hydrogen-bond donors (Lipinski definition) is 0. The van der Waals surface area contributed by atoms with Gasteiger partial charge in [-0.15, -0.1) is 5.10 Å². The monoisotopic (exact) mass is 585 g/mol. The molecule has 2 aromatic rings. The van der Waals surface area contributed by atoms with Crippen molar-refractivity contribution >= 4 is 0 Å². The van der Waals surface area contributed by atoms with Crippen LogP contribution in [0.1, 0.15) is 117 Å². The van der Waals surface area contributed by atoms with E-state index in [1.54, 1.807) is 7.11 Å². The second-order valence-corrected chi connectivity index (χ2v) is 18.0. The highest BCUT2D eigenvalue weighted by molar-refractivity contribution is 5.36. The SMILES string of the molecule is COc1ccccc1Cn1nnc2c1C(C)(C)[C@@H]1CC[C@]3(C)[C@H](CC[C@@H]4[C@H]5[C@H]6OC[C@@]5(CCC6(C)C)CC[C@]43C)[C@@]1(C)C2. The number of rotatable bonds is 3. The molecule has 6 aliphatic rings. The molecule has 5 nitrogen and oxygen atoms in total. The first-order chi connectivity index (χ1) is 20.3. The Labute approximate surface area is 259 Å². The van der Waals surface area contributed by atoms with Crippen molar-refractivity contribution in [1.82, 2.24) is 15.0 Å². The van der Waals surface area contributed by atoms with E-state index in [-0.39, 0.29) is 10.8 Å². The third-order valence-corrected chi connectivity index (χ3v) is 15.7. The Morgan fingerprint density at radius 3 is 2.44 bits per heavy atom. The van der Waals surface area contributed by atoms with Gasteiger partial charge in [0.25, 0.3) is 0 Å². The maximum absolute atomic E-state index is 6.80. The molecule has 43 heavy (non-hydrogen) atoms. The number of ether oxygens (including phenoxy) is 2. The zero-order valence-electron chi connectivity index (χ0n) is 28.1. The highest BCUT2D eigenvalue weighted by Gasteiger charge is 2.73. The molecule has 234 valence electrons. The van der Waals surface area contributed by atoms with Crippen LogP contribution >= 0.6 is 0 Å². The summed E-state index contributed by atoms with van der Waals surface area (Å²) in [5.74, 6) is 3.82. The van der Waals surface area contributed by atoms with E-state index in [4.69, 9.17) is 19.8 Å². The second-order valence-electron chi connectivity index (χ2n) is 18.0. The van der Waals surface area contributed by atoms with Gasteiger partial charge in [-0.3, -0.25) is 0 Å². The molecular formula is C38H55N3O2. The molecule has 2 bridgehead atoms. The van der Waals surface area contributed by atoms with Crippen LogP contribution < -0.4 is 4.74 Å². The Hall–Kier alpha value is -1.88. The van der Waals surface area contributed by atoms with Gasteiger partial charge in [0.2, 0.25) is 0 Å². The number of nitrogens with zero attached hydrogens (tertiary/aromatic N) is 3. The van der Waals surface area contributed by atoms with E-state index in [2.05, 4.69) is 71.3 Å². The van der Waals surface area contributed by atoms with Crippen LogP contribution in [-0.2, 0) is 23.1 Å². The fourth-order valence-electron chi connectivity index (χ4n) is 13.6. The zero-order chi connectivity index (χ0) is 30.2.